The second kappa shape index (κ2) is 4.85. The first-order chi connectivity index (χ1) is 9.25. The van der Waals surface area contributed by atoms with Crippen LogP contribution in [0.1, 0.15) is 11.4 Å². The Hall–Kier alpha value is -2.14. The van der Waals surface area contributed by atoms with Gasteiger partial charge in [-0.2, -0.15) is 11.3 Å². The molecule has 3 aromatic heterocycles. The van der Waals surface area contributed by atoms with Crippen molar-refractivity contribution in [1.29, 1.82) is 0 Å². The SMILES string of the molecule is Cc1[nH]cnc1Cn1cccc(-c2ccsc2)c1=O. The highest BCUT2D eigenvalue weighted by molar-refractivity contribution is 7.08. The van der Waals surface area contributed by atoms with Crippen LogP contribution in [0.5, 0.6) is 0 Å². The number of rotatable bonds is 3. The minimum atomic E-state index is 0.0169. The van der Waals surface area contributed by atoms with Crippen LogP contribution in [-0.4, -0.2) is 14.5 Å². The van der Waals surface area contributed by atoms with Crippen molar-refractivity contribution >= 4 is 11.3 Å². The van der Waals surface area contributed by atoms with E-state index >= 15 is 0 Å². The summed E-state index contributed by atoms with van der Waals surface area (Å²) in [5, 5.41) is 3.96. The molecular weight excluding hydrogens is 258 g/mol. The highest BCUT2D eigenvalue weighted by Crippen LogP contribution is 2.18. The van der Waals surface area contributed by atoms with E-state index < -0.39 is 0 Å². The highest BCUT2D eigenvalue weighted by atomic mass is 32.1. The van der Waals surface area contributed by atoms with Crippen LogP contribution in [0, 0.1) is 6.92 Å². The summed E-state index contributed by atoms with van der Waals surface area (Å²) in [4.78, 5) is 19.7. The zero-order chi connectivity index (χ0) is 13.2. The van der Waals surface area contributed by atoms with Crippen LogP contribution < -0.4 is 5.56 Å². The fourth-order valence-electron chi connectivity index (χ4n) is 2.01. The van der Waals surface area contributed by atoms with Gasteiger partial charge < -0.3 is 9.55 Å². The molecule has 0 aliphatic rings. The molecule has 0 spiro atoms. The zero-order valence-corrected chi connectivity index (χ0v) is 11.3. The monoisotopic (exact) mass is 271 g/mol. The minimum absolute atomic E-state index is 0.0169. The number of aryl methyl sites for hydroxylation is 1. The van der Waals surface area contributed by atoms with Gasteiger partial charge in [0, 0.05) is 17.5 Å². The molecule has 0 aromatic carbocycles. The van der Waals surface area contributed by atoms with Crippen molar-refractivity contribution < 1.29 is 0 Å². The Morgan fingerprint density at radius 1 is 1.42 bits per heavy atom. The Morgan fingerprint density at radius 3 is 3.00 bits per heavy atom. The van der Waals surface area contributed by atoms with E-state index in [1.54, 1.807) is 28.4 Å². The van der Waals surface area contributed by atoms with Crippen LogP contribution in [0.4, 0.5) is 0 Å². The smallest absolute Gasteiger partial charge is 0.258 e. The van der Waals surface area contributed by atoms with Crippen molar-refractivity contribution in [3.05, 3.63) is 63.2 Å². The lowest BCUT2D eigenvalue weighted by atomic mass is 10.1. The molecule has 0 fully saturated rings. The van der Waals surface area contributed by atoms with Gasteiger partial charge >= 0.3 is 0 Å². The van der Waals surface area contributed by atoms with Gasteiger partial charge in [-0.15, -0.1) is 0 Å². The molecule has 0 bridgehead atoms. The van der Waals surface area contributed by atoms with Crippen molar-refractivity contribution in [1.82, 2.24) is 14.5 Å². The van der Waals surface area contributed by atoms with Gasteiger partial charge in [0.25, 0.3) is 5.56 Å². The molecule has 3 aromatic rings. The number of imidazole rings is 1. The molecule has 0 radical (unpaired) electrons. The van der Waals surface area contributed by atoms with Crippen molar-refractivity contribution in [3.63, 3.8) is 0 Å². The summed E-state index contributed by atoms with van der Waals surface area (Å²) >= 11 is 1.59. The standard InChI is InChI=1S/C14H13N3OS/c1-10-13(16-9-15-10)7-17-5-2-3-12(14(17)18)11-4-6-19-8-11/h2-6,8-9H,7H2,1H3,(H,15,16). The summed E-state index contributed by atoms with van der Waals surface area (Å²) in [7, 11) is 0. The van der Waals surface area contributed by atoms with E-state index in [0.717, 1.165) is 22.5 Å². The van der Waals surface area contributed by atoms with E-state index in [9.17, 15) is 4.79 Å². The van der Waals surface area contributed by atoms with Gasteiger partial charge in [-0.05, 0) is 41.4 Å². The molecule has 96 valence electrons. The number of hydrogen-bond acceptors (Lipinski definition) is 3. The van der Waals surface area contributed by atoms with Crippen LogP contribution in [0.25, 0.3) is 11.1 Å². The zero-order valence-electron chi connectivity index (χ0n) is 10.5. The Balaban J connectivity index is 2.02. The van der Waals surface area contributed by atoms with E-state index in [1.165, 1.54) is 0 Å². The van der Waals surface area contributed by atoms with Crippen molar-refractivity contribution in [2.24, 2.45) is 0 Å². The van der Waals surface area contributed by atoms with Gasteiger partial charge in [0.1, 0.15) is 0 Å². The molecule has 0 unspecified atom stereocenters. The Morgan fingerprint density at radius 2 is 2.32 bits per heavy atom. The first kappa shape index (κ1) is 11.9. The number of nitrogens with one attached hydrogen (secondary N) is 1. The lowest BCUT2D eigenvalue weighted by molar-refractivity contribution is 0.741. The lowest BCUT2D eigenvalue weighted by Gasteiger charge is -2.06. The highest BCUT2D eigenvalue weighted by Gasteiger charge is 2.08. The summed E-state index contributed by atoms with van der Waals surface area (Å²) in [6.45, 7) is 2.45. The van der Waals surface area contributed by atoms with Gasteiger partial charge in [-0.3, -0.25) is 4.79 Å². The van der Waals surface area contributed by atoms with Crippen LogP contribution in [0.2, 0.25) is 0 Å². The molecule has 0 aliphatic carbocycles. The predicted molar refractivity (Wildman–Crippen MR) is 76.4 cm³/mol. The van der Waals surface area contributed by atoms with Gasteiger partial charge in [0.05, 0.1) is 18.6 Å². The van der Waals surface area contributed by atoms with Gasteiger partial charge in [0.15, 0.2) is 0 Å². The van der Waals surface area contributed by atoms with E-state index in [2.05, 4.69) is 9.97 Å². The third-order valence-electron chi connectivity index (χ3n) is 3.11. The summed E-state index contributed by atoms with van der Waals surface area (Å²) in [5.41, 5.74) is 3.61. The van der Waals surface area contributed by atoms with Gasteiger partial charge in [-0.1, -0.05) is 0 Å². The predicted octanol–water partition coefficient (Wildman–Crippen LogP) is 2.66. The van der Waals surface area contributed by atoms with Crippen LogP contribution in [-0.2, 0) is 6.54 Å². The lowest BCUT2D eigenvalue weighted by Crippen LogP contribution is -2.21. The Kier molecular flexibility index (Phi) is 3.05. The fourth-order valence-corrected chi connectivity index (χ4v) is 2.66. The number of nitrogens with zero attached hydrogens (tertiary/aromatic N) is 2. The summed E-state index contributed by atoms with van der Waals surface area (Å²) in [6, 6.07) is 5.72. The summed E-state index contributed by atoms with van der Waals surface area (Å²) in [5.74, 6) is 0. The van der Waals surface area contributed by atoms with E-state index in [-0.39, 0.29) is 5.56 Å². The Labute approximate surface area is 114 Å². The summed E-state index contributed by atoms with van der Waals surface area (Å²) < 4.78 is 1.69. The molecule has 0 atom stereocenters. The maximum absolute atomic E-state index is 12.4. The topological polar surface area (TPSA) is 50.7 Å². The molecule has 4 nitrogen and oxygen atoms in total. The first-order valence-corrected chi connectivity index (χ1v) is 6.91. The number of aromatic amines is 1. The molecule has 3 rings (SSSR count). The maximum atomic E-state index is 12.4. The second-order valence-electron chi connectivity index (χ2n) is 4.34. The molecule has 3 heterocycles. The first-order valence-electron chi connectivity index (χ1n) is 5.96. The maximum Gasteiger partial charge on any atom is 0.258 e. The van der Waals surface area contributed by atoms with Crippen LogP contribution >= 0.6 is 11.3 Å². The Bertz CT molecular complexity index is 740. The minimum Gasteiger partial charge on any atom is -0.348 e. The largest absolute Gasteiger partial charge is 0.348 e. The normalized spacial score (nSPS) is 10.8. The van der Waals surface area contributed by atoms with Gasteiger partial charge in [0.2, 0.25) is 0 Å². The number of pyridine rings is 1. The number of hydrogen-bond donors (Lipinski definition) is 1. The quantitative estimate of drug-likeness (QED) is 0.796. The number of thiophene rings is 1. The third kappa shape index (κ3) is 2.24. The molecule has 1 N–H and O–H groups in total. The van der Waals surface area contributed by atoms with Crippen LogP contribution in [0.15, 0.2) is 46.3 Å². The molecule has 0 saturated heterocycles. The molecular formula is C14H13N3OS. The molecule has 19 heavy (non-hydrogen) atoms. The average Bonchev–Trinajstić information content (AvgIpc) is 3.04. The molecule has 0 amide bonds. The molecule has 0 saturated carbocycles. The number of aromatic nitrogens is 3. The average molecular weight is 271 g/mol. The van der Waals surface area contributed by atoms with E-state index in [1.807, 2.05) is 35.9 Å². The fraction of sp³-hybridized carbons (Fsp3) is 0.143. The summed E-state index contributed by atoms with van der Waals surface area (Å²) in [6.07, 6.45) is 3.45. The van der Waals surface area contributed by atoms with Gasteiger partial charge in [-0.25, -0.2) is 4.98 Å². The van der Waals surface area contributed by atoms with Crippen LogP contribution in [0.3, 0.4) is 0 Å². The third-order valence-corrected chi connectivity index (χ3v) is 3.79. The number of H-pyrrole nitrogens is 1. The second-order valence-corrected chi connectivity index (χ2v) is 5.12. The van der Waals surface area contributed by atoms with Crippen molar-refractivity contribution in [2.75, 3.05) is 0 Å². The van der Waals surface area contributed by atoms with Crippen molar-refractivity contribution in [2.45, 2.75) is 13.5 Å². The molecule has 5 heteroatoms. The van der Waals surface area contributed by atoms with E-state index in [4.69, 9.17) is 0 Å². The van der Waals surface area contributed by atoms with E-state index in [0.29, 0.717) is 6.54 Å². The molecule has 0 aliphatic heterocycles. The van der Waals surface area contributed by atoms with Crippen molar-refractivity contribution in [3.8, 4) is 11.1 Å².